The average Bonchev–Trinajstić information content (AvgIpc) is 2.87. The molecule has 22 heavy (non-hydrogen) atoms. The topological polar surface area (TPSA) is 79.9 Å². The number of ether oxygens (including phenoxy) is 2. The van der Waals surface area contributed by atoms with E-state index in [1.165, 1.54) is 11.3 Å². The molecular formula is C15H27N3O4. The molecule has 0 aromatic rings. The Balaban J connectivity index is 1.70. The van der Waals surface area contributed by atoms with Crippen molar-refractivity contribution in [2.45, 2.75) is 57.0 Å². The summed E-state index contributed by atoms with van der Waals surface area (Å²) in [6, 6.07) is -0.920. The summed E-state index contributed by atoms with van der Waals surface area (Å²) in [7, 11) is 3.32. The lowest BCUT2D eigenvalue weighted by molar-refractivity contribution is -0.186. The van der Waals surface area contributed by atoms with E-state index in [9.17, 15) is 9.59 Å². The number of hydrogen-bond acceptors (Lipinski definition) is 4. The minimum Gasteiger partial charge on any atom is -0.347 e. The summed E-state index contributed by atoms with van der Waals surface area (Å²) in [4.78, 5) is 24.9. The number of carbonyl (C=O) groups excluding carboxylic acids is 2. The Morgan fingerprint density at radius 2 is 1.95 bits per heavy atom. The minimum atomic E-state index is -0.555. The van der Waals surface area contributed by atoms with Crippen LogP contribution < -0.4 is 10.6 Å². The Morgan fingerprint density at radius 3 is 2.59 bits per heavy atom. The van der Waals surface area contributed by atoms with Crippen molar-refractivity contribution >= 4 is 11.9 Å². The van der Waals surface area contributed by atoms with E-state index in [1.54, 1.807) is 21.0 Å². The molecule has 2 atom stereocenters. The van der Waals surface area contributed by atoms with E-state index in [4.69, 9.17) is 9.47 Å². The van der Waals surface area contributed by atoms with Gasteiger partial charge in [0, 0.05) is 33.5 Å². The van der Waals surface area contributed by atoms with Crippen molar-refractivity contribution in [3.8, 4) is 0 Å². The molecular weight excluding hydrogens is 286 g/mol. The third kappa shape index (κ3) is 4.33. The minimum absolute atomic E-state index is 0.122. The highest BCUT2D eigenvalue weighted by Crippen LogP contribution is 2.37. The third-order valence-electron chi connectivity index (χ3n) is 4.18. The highest BCUT2D eigenvalue weighted by atomic mass is 16.7. The maximum atomic E-state index is 11.8. The molecule has 0 aromatic heterocycles. The summed E-state index contributed by atoms with van der Waals surface area (Å²) in [5.74, 6) is -0.563. The number of nitrogens with zero attached hydrogens (tertiary/aromatic N) is 1. The fraction of sp³-hybridized carbons (Fsp3) is 0.867. The van der Waals surface area contributed by atoms with Gasteiger partial charge in [0.15, 0.2) is 5.79 Å². The van der Waals surface area contributed by atoms with Crippen molar-refractivity contribution in [2.24, 2.45) is 0 Å². The van der Waals surface area contributed by atoms with Crippen molar-refractivity contribution in [1.82, 2.24) is 15.5 Å². The first-order valence-electron chi connectivity index (χ1n) is 7.99. The number of nitrogens with one attached hydrogen (secondary N) is 2. The van der Waals surface area contributed by atoms with E-state index < -0.39 is 11.8 Å². The average molecular weight is 313 g/mol. The van der Waals surface area contributed by atoms with Crippen molar-refractivity contribution < 1.29 is 19.1 Å². The second kappa shape index (κ2) is 7.28. The lowest BCUT2D eigenvalue weighted by Gasteiger charge is -2.31. The maximum absolute atomic E-state index is 11.8. The Bertz CT molecular complexity index is 408. The molecule has 2 rings (SSSR count). The van der Waals surface area contributed by atoms with E-state index >= 15 is 0 Å². The first-order chi connectivity index (χ1) is 10.4. The monoisotopic (exact) mass is 313 g/mol. The highest BCUT2D eigenvalue weighted by Gasteiger charge is 2.42. The van der Waals surface area contributed by atoms with E-state index in [0.717, 1.165) is 25.7 Å². The van der Waals surface area contributed by atoms with Crippen molar-refractivity contribution in [3.63, 3.8) is 0 Å². The standard InChI is InChI=1S/C15H27N3O4/c1-11(13(19)18(2)3)17-14(20)16-9-12-10-21-15(22-12)7-5-4-6-8-15/h11-12H,4-10H2,1-3H3,(H2,16,17,20)/t11-,12?/m0/s1. The summed E-state index contributed by atoms with van der Waals surface area (Å²) in [6.45, 7) is 2.55. The predicted octanol–water partition coefficient (Wildman–Crippen LogP) is 0.838. The molecule has 7 heteroatoms. The zero-order valence-electron chi connectivity index (χ0n) is 13.7. The Hall–Kier alpha value is -1.34. The van der Waals surface area contributed by atoms with Crippen LogP contribution in [0.15, 0.2) is 0 Å². The number of rotatable bonds is 4. The molecule has 1 saturated carbocycles. The van der Waals surface area contributed by atoms with Crippen LogP contribution in [0.4, 0.5) is 4.79 Å². The lowest BCUT2D eigenvalue weighted by Crippen LogP contribution is -2.49. The molecule has 1 spiro atoms. The fourth-order valence-electron chi connectivity index (χ4n) is 2.97. The van der Waals surface area contributed by atoms with E-state index in [-0.39, 0.29) is 18.0 Å². The summed E-state index contributed by atoms with van der Waals surface area (Å²) in [5.41, 5.74) is 0. The second-order valence-corrected chi connectivity index (χ2v) is 6.33. The number of hydrogen-bond donors (Lipinski definition) is 2. The Kier molecular flexibility index (Phi) is 5.63. The Morgan fingerprint density at radius 1 is 1.27 bits per heavy atom. The van der Waals surface area contributed by atoms with Crippen molar-refractivity contribution in [3.05, 3.63) is 0 Å². The van der Waals surface area contributed by atoms with Crippen LogP contribution in [-0.4, -0.2) is 62.0 Å². The third-order valence-corrected chi connectivity index (χ3v) is 4.18. The van der Waals surface area contributed by atoms with Crippen LogP contribution in [0.25, 0.3) is 0 Å². The van der Waals surface area contributed by atoms with Gasteiger partial charge in [0.05, 0.1) is 6.61 Å². The number of urea groups is 1. The molecule has 2 N–H and O–H groups in total. The summed E-state index contributed by atoms with van der Waals surface area (Å²) in [6.07, 6.45) is 5.24. The van der Waals surface area contributed by atoms with Crippen LogP contribution in [-0.2, 0) is 14.3 Å². The zero-order valence-corrected chi connectivity index (χ0v) is 13.7. The van der Waals surface area contributed by atoms with Gasteiger partial charge in [-0.2, -0.15) is 0 Å². The van der Waals surface area contributed by atoms with Crippen LogP contribution in [0, 0.1) is 0 Å². The Labute approximate surface area is 131 Å². The molecule has 1 aliphatic carbocycles. The molecule has 126 valence electrons. The van der Waals surface area contributed by atoms with Gasteiger partial charge in [-0.25, -0.2) is 4.79 Å². The largest absolute Gasteiger partial charge is 0.347 e. The maximum Gasteiger partial charge on any atom is 0.315 e. The number of carbonyl (C=O) groups is 2. The van der Waals surface area contributed by atoms with Gasteiger partial charge in [-0.1, -0.05) is 6.42 Å². The molecule has 7 nitrogen and oxygen atoms in total. The van der Waals surface area contributed by atoms with Crippen LogP contribution in [0.5, 0.6) is 0 Å². The van der Waals surface area contributed by atoms with Gasteiger partial charge >= 0.3 is 6.03 Å². The quantitative estimate of drug-likeness (QED) is 0.806. The van der Waals surface area contributed by atoms with Crippen LogP contribution in [0.2, 0.25) is 0 Å². The molecule has 1 unspecified atom stereocenters. The normalized spacial score (nSPS) is 24.8. The molecule has 0 aromatic carbocycles. The molecule has 0 radical (unpaired) electrons. The summed E-state index contributed by atoms with van der Waals surface area (Å²) in [5, 5.41) is 5.36. The van der Waals surface area contributed by atoms with Gasteiger partial charge in [0.2, 0.25) is 5.91 Å². The van der Waals surface area contributed by atoms with E-state index in [1.807, 2.05) is 0 Å². The first-order valence-corrected chi connectivity index (χ1v) is 7.99. The summed E-state index contributed by atoms with van der Waals surface area (Å²) < 4.78 is 11.8. The highest BCUT2D eigenvalue weighted by molar-refractivity contribution is 5.86. The van der Waals surface area contributed by atoms with Gasteiger partial charge < -0.3 is 25.0 Å². The van der Waals surface area contributed by atoms with Gasteiger partial charge in [-0.05, 0) is 19.8 Å². The second-order valence-electron chi connectivity index (χ2n) is 6.33. The molecule has 0 bridgehead atoms. The van der Waals surface area contributed by atoms with Gasteiger partial charge in [-0.15, -0.1) is 0 Å². The molecule has 1 heterocycles. The predicted molar refractivity (Wildman–Crippen MR) is 81.3 cm³/mol. The number of amides is 3. The molecule has 2 fully saturated rings. The fourth-order valence-corrected chi connectivity index (χ4v) is 2.97. The zero-order chi connectivity index (χ0) is 16.2. The molecule has 3 amide bonds. The van der Waals surface area contributed by atoms with Gasteiger partial charge in [-0.3, -0.25) is 4.79 Å². The van der Waals surface area contributed by atoms with Crippen LogP contribution in [0.3, 0.4) is 0 Å². The summed E-state index contributed by atoms with van der Waals surface area (Å²) >= 11 is 0. The van der Waals surface area contributed by atoms with Crippen molar-refractivity contribution in [1.29, 1.82) is 0 Å². The first kappa shape index (κ1) is 17.0. The smallest absolute Gasteiger partial charge is 0.315 e. The molecule has 1 aliphatic heterocycles. The lowest BCUT2D eigenvalue weighted by atomic mass is 9.94. The molecule has 1 saturated heterocycles. The van der Waals surface area contributed by atoms with Crippen LogP contribution >= 0.6 is 0 Å². The van der Waals surface area contributed by atoms with Crippen molar-refractivity contribution in [2.75, 3.05) is 27.2 Å². The van der Waals surface area contributed by atoms with Gasteiger partial charge in [0.1, 0.15) is 12.1 Å². The van der Waals surface area contributed by atoms with E-state index in [0.29, 0.717) is 13.2 Å². The number of likely N-dealkylation sites (N-methyl/N-ethyl adjacent to an activating group) is 1. The van der Waals surface area contributed by atoms with Gasteiger partial charge in [0.25, 0.3) is 0 Å². The SMILES string of the molecule is C[C@H](NC(=O)NCC1COC2(CCCCC2)O1)C(=O)N(C)C. The van der Waals surface area contributed by atoms with Crippen LogP contribution in [0.1, 0.15) is 39.0 Å². The van der Waals surface area contributed by atoms with E-state index in [2.05, 4.69) is 10.6 Å². The molecule has 2 aliphatic rings.